The second-order valence-corrected chi connectivity index (χ2v) is 5.03. The van der Waals surface area contributed by atoms with E-state index < -0.39 is 5.60 Å². The lowest BCUT2D eigenvalue weighted by Crippen LogP contribution is -2.56. The van der Waals surface area contributed by atoms with E-state index in [9.17, 15) is 9.90 Å². The number of hydrogen-bond donors (Lipinski definition) is 1. The molecule has 0 radical (unpaired) electrons. The molecular formula is C14H18ClNO3. The average Bonchev–Trinajstić information content (AvgIpc) is 2.42. The lowest BCUT2D eigenvalue weighted by molar-refractivity contribution is -0.136. The van der Waals surface area contributed by atoms with Crippen molar-refractivity contribution < 1.29 is 14.6 Å². The van der Waals surface area contributed by atoms with Crippen molar-refractivity contribution in [1.29, 1.82) is 0 Å². The van der Waals surface area contributed by atoms with Gasteiger partial charge in [-0.3, -0.25) is 4.79 Å². The van der Waals surface area contributed by atoms with E-state index in [-0.39, 0.29) is 19.1 Å². The van der Waals surface area contributed by atoms with Gasteiger partial charge >= 0.3 is 0 Å². The number of benzene rings is 1. The third-order valence-electron chi connectivity index (χ3n) is 3.62. The van der Waals surface area contributed by atoms with Crippen molar-refractivity contribution in [2.45, 2.75) is 32.3 Å². The number of carbonyl (C=O) groups is 1. The summed E-state index contributed by atoms with van der Waals surface area (Å²) in [7, 11) is 0. The number of carbonyl (C=O) groups excluding carboxylic acids is 1. The summed E-state index contributed by atoms with van der Waals surface area (Å²) in [4.78, 5) is 14.2. The second kappa shape index (κ2) is 5.39. The number of aliphatic hydroxyl groups excluding tert-OH is 1. The number of ether oxygens (including phenoxy) is 1. The first-order valence-corrected chi connectivity index (χ1v) is 6.87. The first-order valence-electron chi connectivity index (χ1n) is 6.49. The SMILES string of the molecule is CCC1(CC)Oc2ccc(Cl)cc2N(CCO)C1=O. The fourth-order valence-electron chi connectivity index (χ4n) is 2.42. The summed E-state index contributed by atoms with van der Waals surface area (Å²) in [5, 5.41) is 9.72. The minimum absolute atomic E-state index is 0.0960. The molecule has 0 aromatic heterocycles. The van der Waals surface area contributed by atoms with Crippen molar-refractivity contribution in [3.63, 3.8) is 0 Å². The molecule has 19 heavy (non-hydrogen) atoms. The predicted octanol–water partition coefficient (Wildman–Crippen LogP) is 2.62. The van der Waals surface area contributed by atoms with Crippen LogP contribution in [0.25, 0.3) is 0 Å². The lowest BCUT2D eigenvalue weighted by Gasteiger charge is -2.41. The van der Waals surface area contributed by atoms with Crippen LogP contribution in [0, 0.1) is 0 Å². The Labute approximate surface area is 117 Å². The highest BCUT2D eigenvalue weighted by Crippen LogP contribution is 2.41. The van der Waals surface area contributed by atoms with Gasteiger partial charge in [0.2, 0.25) is 0 Å². The van der Waals surface area contributed by atoms with Crippen LogP contribution in [-0.4, -0.2) is 29.8 Å². The van der Waals surface area contributed by atoms with E-state index in [1.54, 1.807) is 23.1 Å². The van der Waals surface area contributed by atoms with Gasteiger partial charge < -0.3 is 14.7 Å². The first kappa shape index (κ1) is 14.2. The van der Waals surface area contributed by atoms with Crippen LogP contribution in [0.3, 0.4) is 0 Å². The minimum atomic E-state index is -0.837. The molecule has 1 aromatic carbocycles. The Bertz CT molecular complexity index is 486. The van der Waals surface area contributed by atoms with Crippen LogP contribution in [0.5, 0.6) is 5.75 Å². The van der Waals surface area contributed by atoms with Gasteiger partial charge in [-0.2, -0.15) is 0 Å². The highest BCUT2D eigenvalue weighted by atomic mass is 35.5. The molecular weight excluding hydrogens is 266 g/mol. The molecule has 1 N–H and O–H groups in total. The molecule has 5 heteroatoms. The van der Waals surface area contributed by atoms with E-state index in [0.717, 1.165) is 0 Å². The summed E-state index contributed by atoms with van der Waals surface area (Å²) >= 11 is 5.97. The van der Waals surface area contributed by atoms with Crippen LogP contribution < -0.4 is 9.64 Å². The summed E-state index contributed by atoms with van der Waals surface area (Å²) in [5.74, 6) is 0.530. The van der Waals surface area contributed by atoms with Gasteiger partial charge in [0.25, 0.3) is 5.91 Å². The Morgan fingerprint density at radius 1 is 1.37 bits per heavy atom. The number of anilines is 1. The molecule has 0 bridgehead atoms. The van der Waals surface area contributed by atoms with Gasteiger partial charge in [0.1, 0.15) is 5.75 Å². The highest BCUT2D eigenvalue weighted by Gasteiger charge is 2.45. The number of fused-ring (bicyclic) bond motifs is 1. The molecule has 2 rings (SSSR count). The zero-order valence-electron chi connectivity index (χ0n) is 11.1. The van der Waals surface area contributed by atoms with Gasteiger partial charge in [0.05, 0.1) is 12.3 Å². The van der Waals surface area contributed by atoms with Crippen LogP contribution in [0.15, 0.2) is 18.2 Å². The Morgan fingerprint density at radius 2 is 2.05 bits per heavy atom. The standard InChI is InChI=1S/C14H18ClNO3/c1-3-14(4-2)13(18)16(7-8-17)11-9-10(15)5-6-12(11)19-14/h5-6,9,17H,3-4,7-8H2,1-2H3. The maximum Gasteiger partial charge on any atom is 0.271 e. The quantitative estimate of drug-likeness (QED) is 0.924. The molecule has 0 unspecified atom stereocenters. The number of β-amino-alcohol motifs (C(OH)–C–C–N with tert-alkyl or cyclic N) is 1. The molecule has 1 heterocycles. The number of amides is 1. The van der Waals surface area contributed by atoms with Gasteiger partial charge in [0, 0.05) is 11.6 Å². The third-order valence-corrected chi connectivity index (χ3v) is 3.85. The molecule has 0 spiro atoms. The van der Waals surface area contributed by atoms with E-state index >= 15 is 0 Å². The monoisotopic (exact) mass is 283 g/mol. The molecule has 1 aromatic rings. The van der Waals surface area contributed by atoms with Crippen LogP contribution in [-0.2, 0) is 4.79 Å². The maximum absolute atomic E-state index is 12.6. The van der Waals surface area contributed by atoms with E-state index in [1.807, 2.05) is 13.8 Å². The highest BCUT2D eigenvalue weighted by molar-refractivity contribution is 6.31. The smallest absolute Gasteiger partial charge is 0.271 e. The number of halogens is 1. The Kier molecular flexibility index (Phi) is 4.02. The zero-order valence-corrected chi connectivity index (χ0v) is 11.9. The number of aliphatic hydroxyl groups is 1. The number of nitrogens with zero attached hydrogens (tertiary/aromatic N) is 1. The van der Waals surface area contributed by atoms with E-state index in [2.05, 4.69) is 0 Å². The molecule has 0 aliphatic carbocycles. The van der Waals surface area contributed by atoms with Crippen LogP contribution in [0.1, 0.15) is 26.7 Å². The normalized spacial score (nSPS) is 17.1. The number of hydrogen-bond acceptors (Lipinski definition) is 3. The first-order chi connectivity index (χ1) is 9.07. The zero-order chi connectivity index (χ0) is 14.0. The van der Waals surface area contributed by atoms with Gasteiger partial charge in [-0.25, -0.2) is 0 Å². The van der Waals surface area contributed by atoms with Crippen LogP contribution in [0.4, 0.5) is 5.69 Å². The minimum Gasteiger partial charge on any atom is -0.475 e. The van der Waals surface area contributed by atoms with Crippen molar-refractivity contribution >= 4 is 23.2 Å². The molecule has 104 valence electrons. The van der Waals surface area contributed by atoms with E-state index in [0.29, 0.717) is 29.3 Å². The van der Waals surface area contributed by atoms with Crippen LogP contribution in [0.2, 0.25) is 5.02 Å². The third kappa shape index (κ3) is 2.30. The molecule has 4 nitrogen and oxygen atoms in total. The second-order valence-electron chi connectivity index (χ2n) is 4.60. The number of rotatable bonds is 4. The van der Waals surface area contributed by atoms with Crippen LogP contribution >= 0.6 is 11.6 Å². The molecule has 1 amide bonds. The Balaban J connectivity index is 2.52. The molecule has 1 aliphatic rings. The van der Waals surface area contributed by atoms with Crippen molar-refractivity contribution in [2.24, 2.45) is 0 Å². The molecule has 0 atom stereocenters. The van der Waals surface area contributed by atoms with E-state index in [1.165, 1.54) is 0 Å². The summed E-state index contributed by atoms with van der Waals surface area (Å²) in [6, 6.07) is 5.21. The molecule has 0 saturated heterocycles. The summed E-state index contributed by atoms with van der Waals surface area (Å²) in [6.45, 7) is 4.01. The summed E-state index contributed by atoms with van der Waals surface area (Å²) in [5.41, 5.74) is -0.209. The van der Waals surface area contributed by atoms with Crippen molar-refractivity contribution in [1.82, 2.24) is 0 Å². The lowest BCUT2D eigenvalue weighted by atomic mass is 9.93. The van der Waals surface area contributed by atoms with Gasteiger partial charge in [-0.1, -0.05) is 25.4 Å². The fraction of sp³-hybridized carbons (Fsp3) is 0.500. The van der Waals surface area contributed by atoms with Gasteiger partial charge in [-0.15, -0.1) is 0 Å². The molecule has 0 saturated carbocycles. The predicted molar refractivity (Wildman–Crippen MR) is 74.8 cm³/mol. The fourth-order valence-corrected chi connectivity index (χ4v) is 2.58. The largest absolute Gasteiger partial charge is 0.475 e. The van der Waals surface area contributed by atoms with Crippen molar-refractivity contribution in [2.75, 3.05) is 18.1 Å². The average molecular weight is 284 g/mol. The van der Waals surface area contributed by atoms with Gasteiger partial charge in [-0.05, 0) is 31.0 Å². The van der Waals surface area contributed by atoms with E-state index in [4.69, 9.17) is 16.3 Å². The maximum atomic E-state index is 12.6. The molecule has 1 aliphatic heterocycles. The Morgan fingerprint density at radius 3 is 2.63 bits per heavy atom. The Hall–Kier alpha value is -1.26. The van der Waals surface area contributed by atoms with Crippen molar-refractivity contribution in [3.8, 4) is 5.75 Å². The molecule has 0 fully saturated rings. The van der Waals surface area contributed by atoms with Gasteiger partial charge in [0.15, 0.2) is 5.60 Å². The summed E-state index contributed by atoms with van der Waals surface area (Å²) in [6.07, 6.45) is 1.18. The summed E-state index contributed by atoms with van der Waals surface area (Å²) < 4.78 is 5.93. The topological polar surface area (TPSA) is 49.8 Å². The van der Waals surface area contributed by atoms with Crippen molar-refractivity contribution in [3.05, 3.63) is 23.2 Å².